The van der Waals surface area contributed by atoms with E-state index in [-0.39, 0.29) is 0 Å². The normalized spacial score (nSPS) is 12.8. The quantitative estimate of drug-likeness (QED) is 0.857. The van der Waals surface area contributed by atoms with E-state index in [0.29, 0.717) is 17.8 Å². The summed E-state index contributed by atoms with van der Waals surface area (Å²) in [6.07, 6.45) is 1.91. The molecule has 0 aliphatic carbocycles. The van der Waals surface area contributed by atoms with Crippen LogP contribution in [0.15, 0.2) is 22.0 Å². The van der Waals surface area contributed by atoms with E-state index in [9.17, 15) is 0 Å². The standard InChI is InChI=1S/C12H17N3OS/c1-3-6-13-9(2)8-11-14-12(15-16-11)10-5-4-7-17-10/h4-5,7,9,13H,3,6,8H2,1-2H3. The van der Waals surface area contributed by atoms with Crippen LogP contribution in [0, 0.1) is 0 Å². The van der Waals surface area contributed by atoms with Crippen molar-refractivity contribution in [2.45, 2.75) is 32.7 Å². The molecule has 0 saturated carbocycles. The summed E-state index contributed by atoms with van der Waals surface area (Å²) >= 11 is 1.62. The van der Waals surface area contributed by atoms with Gasteiger partial charge in [0, 0.05) is 12.5 Å². The van der Waals surface area contributed by atoms with Crippen LogP contribution in [0.4, 0.5) is 0 Å². The summed E-state index contributed by atoms with van der Waals surface area (Å²) in [4.78, 5) is 5.44. The largest absolute Gasteiger partial charge is 0.339 e. The fourth-order valence-corrected chi connectivity index (χ4v) is 2.22. The first kappa shape index (κ1) is 12.3. The van der Waals surface area contributed by atoms with E-state index < -0.39 is 0 Å². The van der Waals surface area contributed by atoms with Crippen molar-refractivity contribution in [3.05, 3.63) is 23.4 Å². The van der Waals surface area contributed by atoms with Gasteiger partial charge in [0.25, 0.3) is 0 Å². The van der Waals surface area contributed by atoms with Crippen molar-refractivity contribution in [3.8, 4) is 10.7 Å². The van der Waals surface area contributed by atoms with Crippen LogP contribution < -0.4 is 5.32 Å². The molecule has 0 aromatic carbocycles. The first-order valence-corrected chi connectivity index (χ1v) is 6.77. The average Bonchev–Trinajstić information content (AvgIpc) is 2.95. The van der Waals surface area contributed by atoms with Crippen LogP contribution in [0.2, 0.25) is 0 Å². The lowest BCUT2D eigenvalue weighted by Crippen LogP contribution is -2.28. The second kappa shape index (κ2) is 5.93. The van der Waals surface area contributed by atoms with Gasteiger partial charge in [0.2, 0.25) is 11.7 Å². The molecule has 4 nitrogen and oxygen atoms in total. The molecule has 2 rings (SSSR count). The Morgan fingerprint density at radius 1 is 1.53 bits per heavy atom. The second-order valence-electron chi connectivity index (χ2n) is 4.05. The van der Waals surface area contributed by atoms with Crippen molar-refractivity contribution in [2.75, 3.05) is 6.54 Å². The lowest BCUT2D eigenvalue weighted by molar-refractivity contribution is 0.362. The molecule has 17 heavy (non-hydrogen) atoms. The molecular weight excluding hydrogens is 234 g/mol. The Morgan fingerprint density at radius 2 is 2.41 bits per heavy atom. The topological polar surface area (TPSA) is 51.0 Å². The second-order valence-corrected chi connectivity index (χ2v) is 5.00. The summed E-state index contributed by atoms with van der Waals surface area (Å²) in [5, 5.41) is 9.40. The molecule has 2 aromatic rings. The van der Waals surface area contributed by atoms with Crippen molar-refractivity contribution in [3.63, 3.8) is 0 Å². The van der Waals surface area contributed by atoms with Gasteiger partial charge in [0.1, 0.15) is 0 Å². The third-order valence-electron chi connectivity index (χ3n) is 2.43. The SMILES string of the molecule is CCCNC(C)Cc1nc(-c2cccs2)no1. The molecule has 0 fully saturated rings. The van der Waals surface area contributed by atoms with E-state index in [4.69, 9.17) is 4.52 Å². The van der Waals surface area contributed by atoms with Crippen LogP contribution in [0.1, 0.15) is 26.2 Å². The summed E-state index contributed by atoms with van der Waals surface area (Å²) in [5.41, 5.74) is 0. The van der Waals surface area contributed by atoms with Crippen LogP contribution in [-0.2, 0) is 6.42 Å². The van der Waals surface area contributed by atoms with Gasteiger partial charge < -0.3 is 9.84 Å². The zero-order valence-corrected chi connectivity index (χ0v) is 11.0. The highest BCUT2D eigenvalue weighted by Gasteiger charge is 2.11. The number of rotatable bonds is 6. The summed E-state index contributed by atoms with van der Waals surface area (Å²) in [6, 6.07) is 4.35. The number of thiophene rings is 1. The van der Waals surface area contributed by atoms with Gasteiger partial charge in [-0.05, 0) is 31.3 Å². The zero-order chi connectivity index (χ0) is 12.1. The third-order valence-corrected chi connectivity index (χ3v) is 3.30. The van der Waals surface area contributed by atoms with Crippen LogP contribution in [0.5, 0.6) is 0 Å². The average molecular weight is 251 g/mol. The highest BCUT2D eigenvalue weighted by molar-refractivity contribution is 7.13. The summed E-state index contributed by atoms with van der Waals surface area (Å²) < 4.78 is 5.24. The van der Waals surface area contributed by atoms with Gasteiger partial charge in [-0.25, -0.2) is 0 Å². The van der Waals surface area contributed by atoms with Crippen LogP contribution in [-0.4, -0.2) is 22.7 Å². The van der Waals surface area contributed by atoms with Gasteiger partial charge in [-0.2, -0.15) is 4.98 Å². The van der Waals surface area contributed by atoms with Gasteiger partial charge in [-0.15, -0.1) is 11.3 Å². The Kier molecular flexibility index (Phi) is 4.28. The monoisotopic (exact) mass is 251 g/mol. The number of aromatic nitrogens is 2. The number of nitrogens with one attached hydrogen (secondary N) is 1. The lowest BCUT2D eigenvalue weighted by Gasteiger charge is -2.09. The molecule has 0 radical (unpaired) electrons. The highest BCUT2D eigenvalue weighted by Crippen LogP contribution is 2.21. The molecule has 1 atom stereocenters. The van der Waals surface area contributed by atoms with E-state index in [1.165, 1.54) is 0 Å². The molecule has 5 heteroatoms. The molecule has 0 saturated heterocycles. The maximum absolute atomic E-state index is 5.24. The van der Waals surface area contributed by atoms with E-state index >= 15 is 0 Å². The molecule has 0 aliphatic heterocycles. The molecule has 2 aromatic heterocycles. The molecular formula is C12H17N3OS. The number of nitrogens with zero attached hydrogens (tertiary/aromatic N) is 2. The third kappa shape index (κ3) is 3.38. The Hall–Kier alpha value is -1.20. The zero-order valence-electron chi connectivity index (χ0n) is 10.1. The Labute approximate surface area is 105 Å². The Balaban J connectivity index is 1.94. The lowest BCUT2D eigenvalue weighted by atomic mass is 10.2. The minimum absolute atomic E-state index is 0.367. The smallest absolute Gasteiger partial charge is 0.228 e. The van der Waals surface area contributed by atoms with Crippen LogP contribution >= 0.6 is 11.3 Å². The number of hydrogen-bond donors (Lipinski definition) is 1. The Morgan fingerprint density at radius 3 is 3.12 bits per heavy atom. The number of hydrogen-bond acceptors (Lipinski definition) is 5. The molecule has 92 valence electrons. The minimum Gasteiger partial charge on any atom is -0.339 e. The molecule has 0 spiro atoms. The molecule has 2 heterocycles. The maximum Gasteiger partial charge on any atom is 0.228 e. The van der Waals surface area contributed by atoms with Gasteiger partial charge >= 0.3 is 0 Å². The fourth-order valence-electron chi connectivity index (χ4n) is 1.57. The van der Waals surface area contributed by atoms with Crippen molar-refractivity contribution < 1.29 is 4.52 Å². The maximum atomic E-state index is 5.24. The molecule has 0 aliphatic rings. The van der Waals surface area contributed by atoms with Crippen molar-refractivity contribution in [2.24, 2.45) is 0 Å². The van der Waals surface area contributed by atoms with Gasteiger partial charge in [-0.1, -0.05) is 18.1 Å². The first-order chi connectivity index (χ1) is 8.29. The van der Waals surface area contributed by atoms with Gasteiger partial charge in [0.15, 0.2) is 0 Å². The van der Waals surface area contributed by atoms with E-state index in [1.807, 2.05) is 17.5 Å². The summed E-state index contributed by atoms with van der Waals surface area (Å²) in [7, 11) is 0. The van der Waals surface area contributed by atoms with Gasteiger partial charge in [0.05, 0.1) is 4.88 Å². The van der Waals surface area contributed by atoms with Crippen molar-refractivity contribution >= 4 is 11.3 Å². The first-order valence-electron chi connectivity index (χ1n) is 5.89. The van der Waals surface area contributed by atoms with Gasteiger partial charge in [-0.3, -0.25) is 0 Å². The van der Waals surface area contributed by atoms with Crippen LogP contribution in [0.3, 0.4) is 0 Å². The molecule has 0 bridgehead atoms. The Bertz CT molecular complexity index is 438. The summed E-state index contributed by atoms with van der Waals surface area (Å²) in [6.45, 7) is 5.30. The van der Waals surface area contributed by atoms with E-state index in [2.05, 4.69) is 29.3 Å². The van der Waals surface area contributed by atoms with Crippen molar-refractivity contribution in [1.82, 2.24) is 15.5 Å². The molecule has 0 amide bonds. The van der Waals surface area contributed by atoms with Crippen molar-refractivity contribution in [1.29, 1.82) is 0 Å². The predicted octanol–water partition coefficient (Wildman–Crippen LogP) is 2.73. The fraction of sp³-hybridized carbons (Fsp3) is 0.500. The highest BCUT2D eigenvalue weighted by atomic mass is 32.1. The van der Waals surface area contributed by atoms with Crippen LogP contribution in [0.25, 0.3) is 10.7 Å². The molecule has 1 N–H and O–H groups in total. The molecule has 1 unspecified atom stereocenters. The van der Waals surface area contributed by atoms with E-state index in [1.54, 1.807) is 11.3 Å². The van der Waals surface area contributed by atoms with E-state index in [0.717, 1.165) is 24.3 Å². The minimum atomic E-state index is 0.367. The summed E-state index contributed by atoms with van der Waals surface area (Å²) in [5.74, 6) is 1.39. The predicted molar refractivity (Wildman–Crippen MR) is 69.1 cm³/mol.